The summed E-state index contributed by atoms with van der Waals surface area (Å²) in [6, 6.07) is 0. The molecular weight excluding hydrogens is 192 g/mol. The Morgan fingerprint density at radius 1 is 1.47 bits per heavy atom. The maximum atomic E-state index is 11.3. The normalized spacial score (nSPS) is 13.7. The van der Waals surface area contributed by atoms with Gasteiger partial charge in [0, 0.05) is 13.0 Å². The molecule has 0 aliphatic heterocycles. The van der Waals surface area contributed by atoms with Crippen LogP contribution >= 0.6 is 0 Å². The quantitative estimate of drug-likeness (QED) is 0.584. The van der Waals surface area contributed by atoms with Gasteiger partial charge in [0.15, 0.2) is 0 Å². The van der Waals surface area contributed by atoms with Gasteiger partial charge in [0.2, 0.25) is 5.91 Å². The second kappa shape index (κ2) is 6.80. The van der Waals surface area contributed by atoms with Crippen LogP contribution in [0.15, 0.2) is 0 Å². The Hall–Kier alpha value is -0.610. The van der Waals surface area contributed by atoms with Crippen LogP contribution < -0.4 is 11.1 Å². The number of carbonyl (C=O) groups is 1. The molecule has 0 spiro atoms. The van der Waals surface area contributed by atoms with Gasteiger partial charge in [-0.15, -0.1) is 0 Å². The smallest absolute Gasteiger partial charge is 0.220 e. The minimum Gasteiger partial charge on any atom is -0.389 e. The van der Waals surface area contributed by atoms with E-state index in [1.165, 1.54) is 0 Å². The first-order valence-electron chi connectivity index (χ1n) is 5.54. The number of nitrogens with two attached hydrogens (primary N) is 1. The maximum Gasteiger partial charge on any atom is 0.220 e. The van der Waals surface area contributed by atoms with Crippen LogP contribution in [0.5, 0.6) is 0 Å². The summed E-state index contributed by atoms with van der Waals surface area (Å²) in [5.74, 6) is 0.490. The van der Waals surface area contributed by atoms with Crippen LogP contribution in [-0.2, 0) is 4.79 Å². The molecule has 0 rings (SSSR count). The van der Waals surface area contributed by atoms with Crippen molar-refractivity contribution in [3.63, 3.8) is 0 Å². The SMILES string of the molecule is CC(CCN)CCC(=O)NCC(C)(C)O. The fourth-order valence-electron chi connectivity index (χ4n) is 1.21. The molecule has 4 heteroatoms. The molecule has 0 fully saturated rings. The van der Waals surface area contributed by atoms with E-state index in [-0.39, 0.29) is 5.91 Å². The summed E-state index contributed by atoms with van der Waals surface area (Å²) in [6.07, 6.45) is 2.32. The Bertz CT molecular complexity index is 188. The lowest BCUT2D eigenvalue weighted by Crippen LogP contribution is -2.38. The van der Waals surface area contributed by atoms with E-state index < -0.39 is 5.60 Å². The zero-order chi connectivity index (χ0) is 11.9. The summed E-state index contributed by atoms with van der Waals surface area (Å²) in [7, 11) is 0. The molecule has 0 bridgehead atoms. The van der Waals surface area contributed by atoms with E-state index in [1.807, 2.05) is 0 Å². The van der Waals surface area contributed by atoms with Crippen molar-refractivity contribution in [3.8, 4) is 0 Å². The summed E-state index contributed by atoms with van der Waals surface area (Å²) in [6.45, 7) is 6.41. The molecule has 0 heterocycles. The first kappa shape index (κ1) is 14.4. The van der Waals surface area contributed by atoms with Gasteiger partial charge in [-0.3, -0.25) is 4.79 Å². The Balaban J connectivity index is 3.58. The molecule has 90 valence electrons. The lowest BCUT2D eigenvalue weighted by atomic mass is 10.0. The van der Waals surface area contributed by atoms with Crippen LogP contribution in [0.2, 0.25) is 0 Å². The Labute approximate surface area is 92.2 Å². The van der Waals surface area contributed by atoms with Crippen LogP contribution in [0.25, 0.3) is 0 Å². The van der Waals surface area contributed by atoms with Gasteiger partial charge < -0.3 is 16.2 Å². The van der Waals surface area contributed by atoms with E-state index in [1.54, 1.807) is 13.8 Å². The van der Waals surface area contributed by atoms with Crippen LogP contribution in [0.4, 0.5) is 0 Å². The van der Waals surface area contributed by atoms with Gasteiger partial charge in [-0.05, 0) is 39.2 Å². The fourth-order valence-corrected chi connectivity index (χ4v) is 1.21. The zero-order valence-corrected chi connectivity index (χ0v) is 10.0. The Kier molecular flexibility index (Phi) is 6.52. The van der Waals surface area contributed by atoms with Crippen molar-refractivity contribution in [2.45, 2.75) is 45.6 Å². The highest BCUT2D eigenvalue weighted by atomic mass is 16.3. The van der Waals surface area contributed by atoms with Gasteiger partial charge in [-0.25, -0.2) is 0 Å². The molecule has 0 aliphatic carbocycles. The lowest BCUT2D eigenvalue weighted by molar-refractivity contribution is -0.122. The monoisotopic (exact) mass is 216 g/mol. The fraction of sp³-hybridized carbons (Fsp3) is 0.909. The third-order valence-electron chi connectivity index (χ3n) is 2.24. The summed E-state index contributed by atoms with van der Waals surface area (Å²) >= 11 is 0. The summed E-state index contributed by atoms with van der Waals surface area (Å²) < 4.78 is 0. The Morgan fingerprint density at radius 3 is 2.53 bits per heavy atom. The van der Waals surface area contributed by atoms with Gasteiger partial charge in [-0.2, -0.15) is 0 Å². The largest absolute Gasteiger partial charge is 0.389 e. The first-order chi connectivity index (χ1) is 6.85. The summed E-state index contributed by atoms with van der Waals surface area (Å²) in [5.41, 5.74) is 4.58. The number of nitrogens with one attached hydrogen (secondary N) is 1. The molecule has 4 nitrogen and oxygen atoms in total. The molecule has 0 aliphatic rings. The average molecular weight is 216 g/mol. The van der Waals surface area contributed by atoms with Gasteiger partial charge in [0.1, 0.15) is 0 Å². The minimum atomic E-state index is -0.835. The number of rotatable bonds is 7. The highest BCUT2D eigenvalue weighted by Gasteiger charge is 2.14. The second-order valence-electron chi connectivity index (χ2n) is 4.81. The first-order valence-corrected chi connectivity index (χ1v) is 5.54. The zero-order valence-electron chi connectivity index (χ0n) is 10.0. The Morgan fingerprint density at radius 2 is 2.07 bits per heavy atom. The van der Waals surface area contributed by atoms with Gasteiger partial charge in [0.05, 0.1) is 5.60 Å². The number of carbonyl (C=O) groups excluding carboxylic acids is 1. The third kappa shape index (κ3) is 9.69. The van der Waals surface area contributed by atoms with Crippen molar-refractivity contribution < 1.29 is 9.90 Å². The highest BCUT2D eigenvalue weighted by Crippen LogP contribution is 2.08. The van der Waals surface area contributed by atoms with Crippen LogP contribution in [-0.4, -0.2) is 29.7 Å². The minimum absolute atomic E-state index is 0.000923. The molecule has 0 radical (unpaired) electrons. The number of hydrogen-bond donors (Lipinski definition) is 3. The molecule has 0 aromatic rings. The van der Waals surface area contributed by atoms with Crippen molar-refractivity contribution in [2.24, 2.45) is 11.7 Å². The van der Waals surface area contributed by atoms with E-state index in [9.17, 15) is 9.90 Å². The molecule has 1 unspecified atom stereocenters. The predicted molar refractivity (Wildman–Crippen MR) is 61.4 cm³/mol. The summed E-state index contributed by atoms with van der Waals surface area (Å²) in [4.78, 5) is 11.3. The molecule has 15 heavy (non-hydrogen) atoms. The molecule has 0 aromatic heterocycles. The van der Waals surface area contributed by atoms with Crippen molar-refractivity contribution in [3.05, 3.63) is 0 Å². The van der Waals surface area contributed by atoms with E-state index in [0.29, 0.717) is 25.4 Å². The van der Waals surface area contributed by atoms with Crippen molar-refractivity contribution >= 4 is 5.91 Å². The third-order valence-corrected chi connectivity index (χ3v) is 2.24. The molecule has 0 saturated heterocycles. The predicted octanol–water partition coefficient (Wildman–Crippen LogP) is 0.639. The van der Waals surface area contributed by atoms with Crippen molar-refractivity contribution in [2.75, 3.05) is 13.1 Å². The van der Waals surface area contributed by atoms with Crippen molar-refractivity contribution in [1.82, 2.24) is 5.32 Å². The van der Waals surface area contributed by atoms with Gasteiger partial charge in [-0.1, -0.05) is 6.92 Å². The number of amides is 1. The van der Waals surface area contributed by atoms with Gasteiger partial charge in [0.25, 0.3) is 0 Å². The molecule has 0 aromatic carbocycles. The molecule has 1 atom stereocenters. The topological polar surface area (TPSA) is 75.4 Å². The van der Waals surface area contributed by atoms with E-state index in [2.05, 4.69) is 12.2 Å². The van der Waals surface area contributed by atoms with E-state index in [0.717, 1.165) is 12.8 Å². The number of aliphatic hydroxyl groups is 1. The van der Waals surface area contributed by atoms with Crippen LogP contribution in [0, 0.1) is 5.92 Å². The molecule has 4 N–H and O–H groups in total. The summed E-state index contributed by atoms with van der Waals surface area (Å²) in [5, 5.41) is 12.1. The second-order valence-corrected chi connectivity index (χ2v) is 4.81. The van der Waals surface area contributed by atoms with Gasteiger partial charge >= 0.3 is 0 Å². The molecular formula is C11H24N2O2. The van der Waals surface area contributed by atoms with E-state index >= 15 is 0 Å². The molecule has 1 amide bonds. The maximum absolute atomic E-state index is 11.3. The lowest BCUT2D eigenvalue weighted by Gasteiger charge is -2.18. The average Bonchev–Trinajstić information content (AvgIpc) is 2.11. The number of hydrogen-bond acceptors (Lipinski definition) is 3. The van der Waals surface area contributed by atoms with E-state index in [4.69, 9.17) is 5.73 Å². The molecule has 0 saturated carbocycles. The highest BCUT2D eigenvalue weighted by molar-refractivity contribution is 5.75. The van der Waals surface area contributed by atoms with Crippen LogP contribution in [0.3, 0.4) is 0 Å². The van der Waals surface area contributed by atoms with Crippen LogP contribution in [0.1, 0.15) is 40.0 Å². The standard InChI is InChI=1S/C11H24N2O2/c1-9(6-7-12)4-5-10(14)13-8-11(2,3)15/h9,15H,4-8,12H2,1-3H3,(H,13,14). The van der Waals surface area contributed by atoms with Crippen molar-refractivity contribution in [1.29, 1.82) is 0 Å².